The van der Waals surface area contributed by atoms with Gasteiger partial charge in [0.2, 0.25) is 5.78 Å². The van der Waals surface area contributed by atoms with E-state index >= 15 is 0 Å². The first-order valence-corrected chi connectivity index (χ1v) is 11.2. The van der Waals surface area contributed by atoms with Crippen LogP contribution in [0.25, 0.3) is 17.0 Å². The van der Waals surface area contributed by atoms with E-state index in [4.69, 9.17) is 18.9 Å². The molecule has 2 aliphatic heterocycles. The number of Topliss-reactive ketones (excluding diaryl/α,β-unsaturated/α-hetero) is 1. The lowest BCUT2D eigenvalue weighted by atomic mass is 10.0. The Morgan fingerprint density at radius 2 is 2.06 bits per heavy atom. The molecule has 0 aliphatic carbocycles. The van der Waals surface area contributed by atoms with E-state index in [1.165, 1.54) is 0 Å². The third kappa shape index (κ3) is 3.87. The molecule has 7 nitrogen and oxygen atoms in total. The fourth-order valence-corrected chi connectivity index (χ4v) is 4.53. The fourth-order valence-electron chi connectivity index (χ4n) is 4.53. The van der Waals surface area contributed by atoms with E-state index in [0.29, 0.717) is 37.0 Å². The summed E-state index contributed by atoms with van der Waals surface area (Å²) in [6.07, 6.45) is 4.80. The second-order valence-corrected chi connectivity index (χ2v) is 8.28. The normalized spacial score (nSPS) is 16.6. The molecule has 0 unspecified atom stereocenters. The van der Waals surface area contributed by atoms with E-state index in [2.05, 4.69) is 16.4 Å². The third-order valence-electron chi connectivity index (χ3n) is 6.25. The second-order valence-electron chi connectivity index (χ2n) is 8.28. The number of carbonyl (C=O) groups is 1. The summed E-state index contributed by atoms with van der Waals surface area (Å²) < 4.78 is 24.9. The Bertz CT molecular complexity index is 1240. The monoisotopic (exact) mass is 448 g/mol. The van der Waals surface area contributed by atoms with E-state index < -0.39 is 0 Å². The first-order chi connectivity index (χ1) is 16.1. The molecule has 0 saturated carbocycles. The predicted octanol–water partition coefficient (Wildman–Crippen LogP) is 4.47. The summed E-state index contributed by atoms with van der Waals surface area (Å²) in [6, 6.07) is 9.66. The Kier molecular flexibility index (Phi) is 5.83. The van der Waals surface area contributed by atoms with E-state index in [1.54, 1.807) is 20.3 Å². The minimum absolute atomic E-state index is 0.107. The summed E-state index contributed by atoms with van der Waals surface area (Å²) in [6.45, 7) is 5.67. The lowest BCUT2D eigenvalue weighted by molar-refractivity contribution is 0.0823. The maximum absolute atomic E-state index is 13.2. The Hall–Kier alpha value is -3.29. The van der Waals surface area contributed by atoms with Crippen LogP contribution < -0.4 is 14.2 Å². The van der Waals surface area contributed by atoms with Crippen molar-refractivity contribution in [1.82, 2.24) is 9.47 Å². The van der Waals surface area contributed by atoms with Crippen molar-refractivity contribution in [1.29, 1.82) is 0 Å². The molecule has 0 amide bonds. The number of hydrogen-bond acceptors (Lipinski definition) is 6. The molecule has 2 aromatic carbocycles. The molecule has 0 N–H and O–H groups in total. The quantitative estimate of drug-likeness (QED) is 0.393. The van der Waals surface area contributed by atoms with Crippen molar-refractivity contribution in [3.05, 3.63) is 59.0 Å². The zero-order valence-corrected chi connectivity index (χ0v) is 19.2. The van der Waals surface area contributed by atoms with Gasteiger partial charge < -0.3 is 23.5 Å². The molecule has 0 spiro atoms. The van der Waals surface area contributed by atoms with Crippen molar-refractivity contribution in [2.75, 3.05) is 34.1 Å². The maximum atomic E-state index is 13.2. The van der Waals surface area contributed by atoms with Crippen LogP contribution in [0.2, 0.25) is 0 Å². The van der Waals surface area contributed by atoms with Crippen molar-refractivity contribution in [3.63, 3.8) is 0 Å². The molecule has 2 aliphatic rings. The SMILES string of the molecule is CCn1cc(/C=C2\Oc3c(ccc4c3CN(CCCOC)CO4)C2=O)c2cc(OC)ccc21. The minimum Gasteiger partial charge on any atom is -0.497 e. The molecular weight excluding hydrogens is 420 g/mol. The van der Waals surface area contributed by atoms with Crippen LogP contribution in [0, 0.1) is 0 Å². The van der Waals surface area contributed by atoms with E-state index in [-0.39, 0.29) is 5.78 Å². The van der Waals surface area contributed by atoms with Crippen LogP contribution in [0.3, 0.4) is 0 Å². The predicted molar refractivity (Wildman–Crippen MR) is 126 cm³/mol. The number of nitrogens with zero attached hydrogens (tertiary/aromatic N) is 2. The van der Waals surface area contributed by atoms with Crippen molar-refractivity contribution < 1.29 is 23.7 Å². The summed E-state index contributed by atoms with van der Waals surface area (Å²) in [4.78, 5) is 15.4. The van der Waals surface area contributed by atoms with Gasteiger partial charge in [-0.25, -0.2) is 0 Å². The highest BCUT2D eigenvalue weighted by atomic mass is 16.5. The fraction of sp³-hybridized carbons (Fsp3) is 0.346. The molecule has 3 aromatic rings. The van der Waals surface area contributed by atoms with Gasteiger partial charge in [0, 0.05) is 56.0 Å². The molecule has 0 fully saturated rings. The Morgan fingerprint density at radius 3 is 2.85 bits per heavy atom. The van der Waals surface area contributed by atoms with Gasteiger partial charge in [-0.15, -0.1) is 0 Å². The van der Waals surface area contributed by atoms with E-state index in [0.717, 1.165) is 53.0 Å². The first-order valence-electron chi connectivity index (χ1n) is 11.2. The van der Waals surface area contributed by atoms with Gasteiger partial charge in [0.25, 0.3) is 0 Å². The molecule has 172 valence electrons. The molecular formula is C26H28N2O5. The Labute approximate surface area is 193 Å². The van der Waals surface area contributed by atoms with Gasteiger partial charge in [0.05, 0.1) is 18.2 Å². The number of methoxy groups -OCH3 is 2. The minimum atomic E-state index is -0.107. The van der Waals surface area contributed by atoms with Crippen LogP contribution in [-0.4, -0.2) is 49.4 Å². The second kappa shape index (κ2) is 8.92. The average molecular weight is 449 g/mol. The van der Waals surface area contributed by atoms with Gasteiger partial charge in [-0.3, -0.25) is 9.69 Å². The van der Waals surface area contributed by atoms with Gasteiger partial charge in [-0.2, -0.15) is 0 Å². The number of aryl methyl sites for hydroxylation is 1. The van der Waals surface area contributed by atoms with Crippen LogP contribution in [0.1, 0.15) is 34.8 Å². The topological polar surface area (TPSA) is 62.2 Å². The van der Waals surface area contributed by atoms with Gasteiger partial charge in [0.15, 0.2) is 5.76 Å². The maximum Gasteiger partial charge on any atom is 0.231 e. The molecule has 3 heterocycles. The largest absolute Gasteiger partial charge is 0.497 e. The number of fused-ring (bicyclic) bond motifs is 4. The summed E-state index contributed by atoms with van der Waals surface area (Å²) in [5, 5.41) is 1.02. The molecule has 33 heavy (non-hydrogen) atoms. The highest BCUT2D eigenvalue weighted by Gasteiger charge is 2.33. The van der Waals surface area contributed by atoms with Crippen LogP contribution in [0.15, 0.2) is 42.3 Å². The zero-order chi connectivity index (χ0) is 22.9. The van der Waals surface area contributed by atoms with Crippen LogP contribution in [-0.2, 0) is 17.8 Å². The summed E-state index contributed by atoms with van der Waals surface area (Å²) >= 11 is 0. The van der Waals surface area contributed by atoms with Crippen molar-refractivity contribution in [2.24, 2.45) is 0 Å². The number of aromatic nitrogens is 1. The number of allylic oxidation sites excluding steroid dienone is 1. The molecule has 0 saturated heterocycles. The van der Waals surface area contributed by atoms with Gasteiger partial charge in [-0.05, 0) is 49.8 Å². The van der Waals surface area contributed by atoms with Gasteiger partial charge in [-0.1, -0.05) is 0 Å². The summed E-state index contributed by atoms with van der Waals surface area (Å²) in [7, 11) is 3.36. The van der Waals surface area contributed by atoms with Crippen molar-refractivity contribution >= 4 is 22.8 Å². The molecule has 0 bridgehead atoms. The van der Waals surface area contributed by atoms with Crippen LogP contribution in [0.4, 0.5) is 0 Å². The number of benzene rings is 2. The highest BCUT2D eigenvalue weighted by Crippen LogP contribution is 2.42. The Balaban J connectivity index is 1.48. The zero-order valence-electron chi connectivity index (χ0n) is 19.2. The number of ketones is 1. The van der Waals surface area contributed by atoms with Gasteiger partial charge >= 0.3 is 0 Å². The number of carbonyl (C=O) groups excluding carboxylic acids is 1. The number of rotatable bonds is 7. The molecule has 0 radical (unpaired) electrons. The van der Waals surface area contributed by atoms with E-state index in [9.17, 15) is 4.79 Å². The van der Waals surface area contributed by atoms with Crippen molar-refractivity contribution in [3.8, 4) is 17.2 Å². The average Bonchev–Trinajstić information content (AvgIpc) is 3.36. The molecule has 1 aromatic heterocycles. The number of hydrogen-bond donors (Lipinski definition) is 0. The summed E-state index contributed by atoms with van der Waals surface area (Å²) in [5.74, 6) is 2.38. The van der Waals surface area contributed by atoms with Crippen LogP contribution in [0.5, 0.6) is 17.2 Å². The molecule has 7 heteroatoms. The standard InChI is InChI=1S/C26H28N2O5/c1-4-28-14-17(20-13-18(31-3)6-8-22(20)28)12-24-25(29)19-7-9-23-21(26(19)33-24)15-27(16-32-23)10-5-11-30-2/h6-9,12-14H,4-5,10-11,15-16H2,1-3H3/b24-12-. The molecule has 0 atom stereocenters. The summed E-state index contributed by atoms with van der Waals surface area (Å²) in [5.41, 5.74) is 3.52. The first kappa shape index (κ1) is 21.6. The third-order valence-corrected chi connectivity index (χ3v) is 6.25. The molecule has 5 rings (SSSR count). The highest BCUT2D eigenvalue weighted by molar-refractivity contribution is 6.15. The smallest absolute Gasteiger partial charge is 0.231 e. The van der Waals surface area contributed by atoms with Crippen molar-refractivity contribution in [2.45, 2.75) is 26.4 Å². The van der Waals surface area contributed by atoms with E-state index in [1.807, 2.05) is 36.5 Å². The number of ether oxygens (including phenoxy) is 4. The van der Waals surface area contributed by atoms with Crippen LogP contribution >= 0.6 is 0 Å². The van der Waals surface area contributed by atoms with Gasteiger partial charge in [0.1, 0.15) is 24.0 Å². The Morgan fingerprint density at radius 1 is 1.18 bits per heavy atom. The lowest BCUT2D eigenvalue weighted by Crippen LogP contribution is -2.33. The lowest BCUT2D eigenvalue weighted by Gasteiger charge is -2.29.